The molecule has 118 valence electrons. The molecule has 1 unspecified atom stereocenters. The van der Waals surface area contributed by atoms with Crippen molar-refractivity contribution >= 4 is 17.9 Å². The van der Waals surface area contributed by atoms with Gasteiger partial charge < -0.3 is 14.9 Å². The lowest BCUT2D eigenvalue weighted by Gasteiger charge is -2.11. The van der Waals surface area contributed by atoms with Gasteiger partial charge >= 0.3 is 17.9 Å². The second-order valence-electron chi connectivity index (χ2n) is 5.49. The number of carboxylic acid groups (broad SMARTS) is 2. The predicted molar refractivity (Wildman–Crippen MR) is 74.4 cm³/mol. The average Bonchev–Trinajstić information content (AvgIpc) is 2.11. The third kappa shape index (κ3) is 18.8. The molecule has 0 aliphatic carbocycles. The van der Waals surface area contributed by atoms with E-state index in [9.17, 15) is 14.4 Å². The Hall–Kier alpha value is -1.59. The third-order valence-corrected chi connectivity index (χ3v) is 1.95. The molecule has 0 fully saturated rings. The molecule has 0 bridgehead atoms. The fourth-order valence-corrected chi connectivity index (χ4v) is 1.24. The van der Waals surface area contributed by atoms with Crippen LogP contribution in [-0.4, -0.2) is 34.2 Å². The average molecular weight is 290 g/mol. The summed E-state index contributed by atoms with van der Waals surface area (Å²) in [5, 5.41) is 16.5. The number of hydrogen-bond acceptors (Lipinski definition) is 4. The van der Waals surface area contributed by atoms with E-state index in [1.54, 1.807) is 6.92 Å². The van der Waals surface area contributed by atoms with Crippen molar-refractivity contribution in [2.45, 2.75) is 60.0 Å². The molecule has 0 aromatic heterocycles. The van der Waals surface area contributed by atoms with Gasteiger partial charge in [-0.3, -0.25) is 14.4 Å². The Morgan fingerprint density at radius 3 is 1.45 bits per heavy atom. The van der Waals surface area contributed by atoms with Crippen LogP contribution in [0.5, 0.6) is 0 Å². The maximum atomic E-state index is 11.0. The van der Waals surface area contributed by atoms with E-state index in [0.717, 1.165) is 0 Å². The number of carbonyl (C=O) groups excluding carboxylic acids is 1. The Morgan fingerprint density at radius 2 is 1.20 bits per heavy atom. The number of ether oxygens (including phenoxy) is 1. The summed E-state index contributed by atoms with van der Waals surface area (Å²) in [6.07, 6.45) is -0.0582. The fraction of sp³-hybridized carbons (Fsp3) is 0.786. The fourth-order valence-electron chi connectivity index (χ4n) is 1.24. The number of aliphatic carboxylic acids is 2. The zero-order chi connectivity index (χ0) is 16.3. The zero-order valence-corrected chi connectivity index (χ0v) is 12.9. The van der Waals surface area contributed by atoms with E-state index in [1.165, 1.54) is 0 Å². The molecule has 0 aliphatic rings. The lowest BCUT2D eigenvalue weighted by molar-refractivity contribution is -0.152. The second-order valence-corrected chi connectivity index (χ2v) is 5.49. The van der Waals surface area contributed by atoms with Gasteiger partial charge in [0, 0.05) is 12.8 Å². The summed E-state index contributed by atoms with van der Waals surface area (Å²) in [7, 11) is 0. The summed E-state index contributed by atoms with van der Waals surface area (Å²) in [5.74, 6) is -1.48. The standard InChI is InChI=1S/C9H16O4.C5H10O2/c1-6(2)4-9(12)13-7(3)5-8(10)11;1-4(2)3-5(6)7/h6-7H,4-5H2,1-3H3,(H,10,11);4H,3H2,1-2H3,(H,6,7). The molecule has 0 rings (SSSR count). The van der Waals surface area contributed by atoms with Crippen LogP contribution < -0.4 is 0 Å². The van der Waals surface area contributed by atoms with E-state index in [2.05, 4.69) is 0 Å². The molecule has 0 aromatic carbocycles. The maximum absolute atomic E-state index is 11.0. The van der Waals surface area contributed by atoms with Crippen molar-refractivity contribution in [2.24, 2.45) is 11.8 Å². The Bertz CT molecular complexity index is 309. The minimum Gasteiger partial charge on any atom is -0.481 e. The van der Waals surface area contributed by atoms with Crippen LogP contribution in [0.25, 0.3) is 0 Å². The Morgan fingerprint density at radius 1 is 0.800 bits per heavy atom. The molecule has 0 aromatic rings. The molecule has 0 saturated carbocycles. The highest BCUT2D eigenvalue weighted by molar-refractivity contribution is 5.71. The Labute approximate surface area is 120 Å². The normalized spacial score (nSPS) is 11.6. The quantitative estimate of drug-likeness (QED) is 0.699. The van der Waals surface area contributed by atoms with Crippen LogP contribution in [-0.2, 0) is 19.1 Å². The van der Waals surface area contributed by atoms with Gasteiger partial charge in [-0.25, -0.2) is 0 Å². The summed E-state index contributed by atoms with van der Waals surface area (Å²) >= 11 is 0. The number of carboxylic acids is 2. The Kier molecular flexibility index (Phi) is 11.7. The predicted octanol–water partition coefficient (Wildman–Crippen LogP) is 2.56. The smallest absolute Gasteiger partial charge is 0.307 e. The van der Waals surface area contributed by atoms with E-state index >= 15 is 0 Å². The van der Waals surface area contributed by atoms with Crippen LogP contribution in [0.2, 0.25) is 0 Å². The lowest BCUT2D eigenvalue weighted by atomic mass is 10.1. The number of esters is 1. The molecule has 2 N–H and O–H groups in total. The number of hydrogen-bond donors (Lipinski definition) is 2. The van der Waals surface area contributed by atoms with Gasteiger partial charge in [0.1, 0.15) is 6.10 Å². The largest absolute Gasteiger partial charge is 0.481 e. The first-order valence-corrected chi connectivity index (χ1v) is 6.67. The molecule has 0 saturated heterocycles. The summed E-state index contributed by atoms with van der Waals surface area (Å²) in [5.41, 5.74) is 0. The molecule has 6 nitrogen and oxygen atoms in total. The Balaban J connectivity index is 0. The van der Waals surface area contributed by atoms with E-state index in [-0.39, 0.29) is 30.6 Å². The summed E-state index contributed by atoms with van der Waals surface area (Å²) in [6.45, 7) is 9.15. The van der Waals surface area contributed by atoms with Crippen molar-refractivity contribution in [3.05, 3.63) is 0 Å². The highest BCUT2D eigenvalue weighted by atomic mass is 16.5. The molecule has 1 atom stereocenters. The molecule has 0 spiro atoms. The third-order valence-electron chi connectivity index (χ3n) is 1.95. The number of carbonyl (C=O) groups is 3. The van der Waals surface area contributed by atoms with Crippen molar-refractivity contribution in [3.8, 4) is 0 Å². The topological polar surface area (TPSA) is 101 Å². The highest BCUT2D eigenvalue weighted by Crippen LogP contribution is 2.05. The van der Waals surface area contributed by atoms with Crippen molar-refractivity contribution in [3.63, 3.8) is 0 Å². The second kappa shape index (κ2) is 11.3. The van der Waals surface area contributed by atoms with Gasteiger partial charge in [-0.1, -0.05) is 27.7 Å². The first kappa shape index (κ1) is 20.7. The van der Waals surface area contributed by atoms with Crippen LogP contribution >= 0.6 is 0 Å². The van der Waals surface area contributed by atoms with E-state index in [1.807, 2.05) is 27.7 Å². The molecule has 20 heavy (non-hydrogen) atoms. The van der Waals surface area contributed by atoms with Gasteiger partial charge in [-0.15, -0.1) is 0 Å². The van der Waals surface area contributed by atoms with E-state index in [0.29, 0.717) is 6.42 Å². The first-order valence-electron chi connectivity index (χ1n) is 6.67. The van der Waals surface area contributed by atoms with Crippen LogP contribution in [0.4, 0.5) is 0 Å². The van der Waals surface area contributed by atoms with Gasteiger partial charge in [-0.05, 0) is 18.8 Å². The van der Waals surface area contributed by atoms with Gasteiger partial charge in [0.2, 0.25) is 0 Å². The minimum absolute atomic E-state index is 0.135. The number of rotatable bonds is 7. The highest BCUT2D eigenvalue weighted by Gasteiger charge is 2.13. The van der Waals surface area contributed by atoms with E-state index in [4.69, 9.17) is 14.9 Å². The first-order chi connectivity index (χ1) is 9.04. The molecular weight excluding hydrogens is 264 g/mol. The summed E-state index contributed by atoms with van der Waals surface area (Å²) < 4.78 is 4.85. The van der Waals surface area contributed by atoms with Crippen LogP contribution in [0.15, 0.2) is 0 Å². The van der Waals surface area contributed by atoms with Gasteiger partial charge in [0.05, 0.1) is 6.42 Å². The minimum atomic E-state index is -0.954. The maximum Gasteiger partial charge on any atom is 0.307 e. The van der Waals surface area contributed by atoms with Crippen LogP contribution in [0, 0.1) is 11.8 Å². The van der Waals surface area contributed by atoms with Gasteiger partial charge in [-0.2, -0.15) is 0 Å². The summed E-state index contributed by atoms with van der Waals surface area (Å²) in [6, 6.07) is 0. The zero-order valence-electron chi connectivity index (χ0n) is 12.9. The van der Waals surface area contributed by atoms with Crippen molar-refractivity contribution < 1.29 is 29.3 Å². The van der Waals surface area contributed by atoms with E-state index < -0.39 is 18.0 Å². The van der Waals surface area contributed by atoms with Crippen molar-refractivity contribution in [1.29, 1.82) is 0 Å². The van der Waals surface area contributed by atoms with Gasteiger partial charge in [0.25, 0.3) is 0 Å². The molecule has 0 aliphatic heterocycles. The molecule has 0 radical (unpaired) electrons. The van der Waals surface area contributed by atoms with Crippen LogP contribution in [0.1, 0.15) is 53.9 Å². The SMILES string of the molecule is CC(C)CC(=O)O.CC(C)CC(=O)OC(C)CC(=O)O. The molecule has 0 heterocycles. The van der Waals surface area contributed by atoms with Crippen molar-refractivity contribution in [2.75, 3.05) is 0 Å². The van der Waals surface area contributed by atoms with Crippen molar-refractivity contribution in [1.82, 2.24) is 0 Å². The van der Waals surface area contributed by atoms with Gasteiger partial charge in [0.15, 0.2) is 0 Å². The molecular formula is C14H26O6. The monoisotopic (exact) mass is 290 g/mol. The summed E-state index contributed by atoms with van der Waals surface area (Å²) in [4.78, 5) is 31.1. The lowest BCUT2D eigenvalue weighted by Crippen LogP contribution is -2.19. The molecule has 6 heteroatoms. The van der Waals surface area contributed by atoms with Crippen LogP contribution in [0.3, 0.4) is 0 Å². The molecule has 0 amide bonds.